The summed E-state index contributed by atoms with van der Waals surface area (Å²) in [5, 5.41) is 13.2. The van der Waals surface area contributed by atoms with Crippen molar-refractivity contribution in [3.63, 3.8) is 0 Å². The number of benzene rings is 2. The molecule has 2 aromatic carbocycles. The second kappa shape index (κ2) is 7.72. The number of rotatable bonds is 5. The van der Waals surface area contributed by atoms with Crippen LogP contribution in [0.3, 0.4) is 0 Å². The third-order valence-corrected chi connectivity index (χ3v) is 4.62. The minimum absolute atomic E-state index is 0.118. The van der Waals surface area contributed by atoms with Crippen molar-refractivity contribution in [2.24, 2.45) is 0 Å². The molecule has 27 heavy (non-hydrogen) atoms. The summed E-state index contributed by atoms with van der Waals surface area (Å²) in [5.74, 6) is 0.223. The van der Waals surface area contributed by atoms with Gasteiger partial charge in [-0.15, -0.1) is 0 Å². The van der Waals surface area contributed by atoms with E-state index in [0.29, 0.717) is 23.2 Å². The Bertz CT molecular complexity index is 1070. The molecule has 6 nitrogen and oxygen atoms in total. The molecule has 0 aliphatic rings. The number of aryl methyl sites for hydroxylation is 1. The van der Waals surface area contributed by atoms with Crippen molar-refractivity contribution in [1.82, 2.24) is 5.32 Å². The Balaban J connectivity index is 1.80. The van der Waals surface area contributed by atoms with Gasteiger partial charge in [-0.3, -0.25) is 4.79 Å². The minimum atomic E-state index is -0.613. The number of phenols is 1. The van der Waals surface area contributed by atoms with Gasteiger partial charge >= 0.3 is 5.63 Å². The van der Waals surface area contributed by atoms with E-state index in [2.05, 4.69) is 5.32 Å². The quantitative estimate of drug-likeness (QED) is 0.655. The lowest BCUT2D eigenvalue weighted by Crippen LogP contribution is -2.27. The number of amides is 1. The van der Waals surface area contributed by atoms with Crippen LogP contribution < -0.4 is 15.7 Å². The van der Waals surface area contributed by atoms with Crippen LogP contribution in [0.5, 0.6) is 11.5 Å². The van der Waals surface area contributed by atoms with Crippen LogP contribution in [-0.4, -0.2) is 18.1 Å². The molecule has 3 rings (SSSR count). The zero-order valence-corrected chi connectivity index (χ0v) is 15.6. The molecule has 0 saturated carbocycles. The third kappa shape index (κ3) is 4.06. The van der Waals surface area contributed by atoms with Gasteiger partial charge in [0, 0.05) is 18.0 Å². The zero-order valence-electron chi connectivity index (χ0n) is 14.8. The molecule has 0 aliphatic carbocycles. The Labute approximate surface area is 160 Å². The highest BCUT2D eigenvalue weighted by atomic mass is 35.5. The highest BCUT2D eigenvalue weighted by molar-refractivity contribution is 6.32. The Morgan fingerprint density at radius 1 is 1.30 bits per heavy atom. The molecule has 140 valence electrons. The van der Waals surface area contributed by atoms with Crippen molar-refractivity contribution >= 4 is 28.5 Å². The molecule has 0 fully saturated rings. The largest absolute Gasteiger partial charge is 0.506 e. The average Bonchev–Trinajstić information content (AvgIpc) is 2.65. The van der Waals surface area contributed by atoms with Gasteiger partial charge in [-0.05, 0) is 36.2 Å². The van der Waals surface area contributed by atoms with Crippen molar-refractivity contribution in [3.8, 4) is 11.5 Å². The van der Waals surface area contributed by atoms with E-state index in [1.54, 1.807) is 14.0 Å². The number of carbonyl (C=O) groups excluding carboxylic acids is 1. The highest BCUT2D eigenvalue weighted by Crippen LogP contribution is 2.30. The predicted molar refractivity (Wildman–Crippen MR) is 102 cm³/mol. The van der Waals surface area contributed by atoms with Crippen LogP contribution in [0.25, 0.3) is 11.0 Å². The van der Waals surface area contributed by atoms with E-state index in [0.717, 1.165) is 5.56 Å². The first-order valence-corrected chi connectivity index (χ1v) is 8.61. The number of aromatic hydroxyl groups is 1. The maximum atomic E-state index is 12.3. The second-order valence-corrected chi connectivity index (χ2v) is 6.51. The van der Waals surface area contributed by atoms with Crippen molar-refractivity contribution < 1.29 is 19.1 Å². The molecule has 1 heterocycles. The number of ether oxygens (including phenoxy) is 1. The Kier molecular flexibility index (Phi) is 5.37. The van der Waals surface area contributed by atoms with E-state index in [9.17, 15) is 14.7 Å². The third-order valence-electron chi connectivity index (χ3n) is 4.32. The molecule has 3 aromatic rings. The van der Waals surface area contributed by atoms with E-state index in [4.69, 9.17) is 20.8 Å². The number of fused-ring (bicyclic) bond motifs is 1. The molecule has 2 N–H and O–H groups in total. The van der Waals surface area contributed by atoms with E-state index >= 15 is 0 Å². The normalized spacial score (nSPS) is 10.8. The first-order valence-electron chi connectivity index (χ1n) is 8.23. The summed E-state index contributed by atoms with van der Waals surface area (Å²) < 4.78 is 10.4. The van der Waals surface area contributed by atoms with Crippen molar-refractivity contribution in [2.75, 3.05) is 7.11 Å². The first kappa shape index (κ1) is 18.8. The summed E-state index contributed by atoms with van der Waals surface area (Å²) in [6, 6.07) is 10.2. The molecule has 0 atom stereocenters. The molecule has 1 aromatic heterocycles. The van der Waals surface area contributed by atoms with Crippen molar-refractivity contribution in [2.45, 2.75) is 19.9 Å². The zero-order chi connectivity index (χ0) is 19.6. The summed E-state index contributed by atoms with van der Waals surface area (Å²) in [7, 11) is 1.57. The van der Waals surface area contributed by atoms with E-state index < -0.39 is 5.63 Å². The van der Waals surface area contributed by atoms with Gasteiger partial charge in [-0.25, -0.2) is 4.79 Å². The number of halogens is 1. The van der Waals surface area contributed by atoms with Gasteiger partial charge in [-0.2, -0.15) is 0 Å². The van der Waals surface area contributed by atoms with Crippen molar-refractivity contribution in [3.05, 3.63) is 68.5 Å². The lowest BCUT2D eigenvalue weighted by molar-refractivity contribution is -0.120. The van der Waals surface area contributed by atoms with Crippen LogP contribution in [-0.2, 0) is 17.8 Å². The Hall–Kier alpha value is -2.99. The first-order chi connectivity index (χ1) is 12.9. The van der Waals surface area contributed by atoms with Crippen LogP contribution in [0, 0.1) is 6.92 Å². The number of hydrogen-bond donors (Lipinski definition) is 2. The monoisotopic (exact) mass is 387 g/mol. The molecule has 0 saturated heterocycles. The lowest BCUT2D eigenvalue weighted by atomic mass is 10.0. The molecular weight excluding hydrogens is 370 g/mol. The summed E-state index contributed by atoms with van der Waals surface area (Å²) in [6.07, 6.45) is -0.118. The fourth-order valence-corrected chi connectivity index (χ4v) is 2.97. The number of carbonyl (C=O) groups is 1. The van der Waals surface area contributed by atoms with Gasteiger partial charge in [0.05, 0.1) is 24.1 Å². The summed E-state index contributed by atoms with van der Waals surface area (Å²) in [5.41, 5.74) is 1.34. The molecule has 0 spiro atoms. The van der Waals surface area contributed by atoms with Gasteiger partial charge in [-0.1, -0.05) is 23.7 Å². The number of hydrogen-bond acceptors (Lipinski definition) is 5. The standard InChI is InChI=1S/C20H18ClNO5/c1-11-14-7-16(21)17(23)9-18(14)27-20(25)15(11)8-19(24)22-10-12-4-3-5-13(6-12)26-2/h3-7,9,23H,8,10H2,1-2H3,(H,22,24). The Morgan fingerprint density at radius 2 is 2.07 bits per heavy atom. The molecule has 7 heteroatoms. The maximum absolute atomic E-state index is 12.3. The maximum Gasteiger partial charge on any atom is 0.340 e. The van der Waals surface area contributed by atoms with E-state index in [1.807, 2.05) is 24.3 Å². The van der Waals surface area contributed by atoms with Gasteiger partial charge in [0.15, 0.2) is 0 Å². The van der Waals surface area contributed by atoms with Gasteiger partial charge in [0.2, 0.25) is 5.91 Å². The minimum Gasteiger partial charge on any atom is -0.506 e. The lowest BCUT2D eigenvalue weighted by Gasteiger charge is -2.10. The van der Waals surface area contributed by atoms with Gasteiger partial charge in [0.1, 0.15) is 17.1 Å². The van der Waals surface area contributed by atoms with Gasteiger partial charge in [0.25, 0.3) is 0 Å². The summed E-state index contributed by atoms with van der Waals surface area (Å²) in [4.78, 5) is 24.6. The van der Waals surface area contributed by atoms with Crippen LogP contribution >= 0.6 is 11.6 Å². The molecular formula is C20H18ClNO5. The van der Waals surface area contributed by atoms with Crippen LogP contribution in [0.4, 0.5) is 0 Å². The Morgan fingerprint density at radius 3 is 2.81 bits per heavy atom. The van der Waals surface area contributed by atoms with Gasteiger partial charge < -0.3 is 19.6 Å². The topological polar surface area (TPSA) is 88.8 Å². The van der Waals surface area contributed by atoms with Crippen LogP contribution in [0.2, 0.25) is 5.02 Å². The average molecular weight is 388 g/mol. The smallest absolute Gasteiger partial charge is 0.340 e. The SMILES string of the molecule is COc1cccc(CNC(=O)Cc2c(C)c3cc(Cl)c(O)cc3oc2=O)c1. The van der Waals surface area contributed by atoms with E-state index in [-0.39, 0.29) is 34.2 Å². The number of methoxy groups -OCH3 is 1. The van der Waals surface area contributed by atoms with Crippen LogP contribution in [0.1, 0.15) is 16.7 Å². The van der Waals surface area contributed by atoms with Crippen LogP contribution in [0.15, 0.2) is 45.6 Å². The summed E-state index contributed by atoms with van der Waals surface area (Å²) >= 11 is 5.94. The fraction of sp³-hybridized carbons (Fsp3) is 0.200. The molecule has 0 aliphatic heterocycles. The van der Waals surface area contributed by atoms with E-state index in [1.165, 1.54) is 12.1 Å². The molecule has 1 amide bonds. The predicted octanol–water partition coefficient (Wildman–Crippen LogP) is 3.33. The molecule has 0 unspecified atom stereocenters. The fourth-order valence-electron chi connectivity index (χ4n) is 2.81. The molecule has 0 radical (unpaired) electrons. The second-order valence-electron chi connectivity index (χ2n) is 6.10. The highest BCUT2D eigenvalue weighted by Gasteiger charge is 2.16. The number of nitrogens with one attached hydrogen (secondary N) is 1. The summed E-state index contributed by atoms with van der Waals surface area (Å²) in [6.45, 7) is 2.03. The molecule has 0 bridgehead atoms. The number of phenolic OH excluding ortho intramolecular Hbond substituents is 1. The van der Waals surface area contributed by atoms with Crippen molar-refractivity contribution in [1.29, 1.82) is 0 Å².